The van der Waals surface area contributed by atoms with Gasteiger partial charge in [0.25, 0.3) is 5.91 Å². The molecule has 0 aliphatic carbocycles. The highest BCUT2D eigenvalue weighted by Gasteiger charge is 2.31. The first-order valence-corrected chi connectivity index (χ1v) is 9.16. The van der Waals surface area contributed by atoms with Gasteiger partial charge in [0, 0.05) is 44.1 Å². The molecule has 0 N–H and O–H groups in total. The lowest BCUT2D eigenvalue weighted by Crippen LogP contribution is -2.43. The predicted molar refractivity (Wildman–Crippen MR) is 89.5 cm³/mol. The van der Waals surface area contributed by atoms with Crippen molar-refractivity contribution >= 4 is 23.2 Å². The fourth-order valence-electron chi connectivity index (χ4n) is 3.39. The average molecular weight is 336 g/mol. The third-order valence-electron chi connectivity index (χ3n) is 4.71. The Morgan fingerprint density at radius 2 is 1.83 bits per heavy atom. The van der Waals surface area contributed by atoms with E-state index in [1.54, 1.807) is 7.11 Å². The molecular formula is C17H24N2O3S. The van der Waals surface area contributed by atoms with Crippen LogP contribution in [0.5, 0.6) is 0 Å². The van der Waals surface area contributed by atoms with Crippen molar-refractivity contribution in [3.05, 3.63) is 21.9 Å². The second kappa shape index (κ2) is 7.45. The van der Waals surface area contributed by atoms with Crippen molar-refractivity contribution in [2.45, 2.75) is 32.3 Å². The lowest BCUT2D eigenvalue weighted by atomic mass is 9.95. The maximum Gasteiger partial charge on any atom is 0.263 e. The van der Waals surface area contributed by atoms with Crippen LogP contribution in [0.3, 0.4) is 0 Å². The second-order valence-corrected chi connectivity index (χ2v) is 7.47. The highest BCUT2D eigenvalue weighted by atomic mass is 32.1. The Hall–Kier alpha value is -1.40. The number of carbonyl (C=O) groups excluding carboxylic acids is 2. The number of likely N-dealkylation sites (tertiary alicyclic amines) is 2. The van der Waals surface area contributed by atoms with Gasteiger partial charge in [0.1, 0.15) is 0 Å². The van der Waals surface area contributed by atoms with Gasteiger partial charge in [-0.2, -0.15) is 0 Å². The third kappa shape index (κ3) is 3.75. The summed E-state index contributed by atoms with van der Waals surface area (Å²) in [6, 6.07) is 3.83. The Morgan fingerprint density at radius 3 is 2.48 bits per heavy atom. The summed E-state index contributed by atoms with van der Waals surface area (Å²) in [6.45, 7) is 3.73. The molecule has 1 aromatic heterocycles. The van der Waals surface area contributed by atoms with Gasteiger partial charge in [-0.15, -0.1) is 11.3 Å². The molecule has 5 nitrogen and oxygen atoms in total. The van der Waals surface area contributed by atoms with Crippen molar-refractivity contribution in [2.75, 3.05) is 33.3 Å². The molecule has 3 rings (SSSR count). The van der Waals surface area contributed by atoms with Gasteiger partial charge in [-0.05, 0) is 37.8 Å². The van der Waals surface area contributed by atoms with Gasteiger partial charge in [0.05, 0.1) is 11.5 Å². The van der Waals surface area contributed by atoms with Gasteiger partial charge in [0.2, 0.25) is 5.91 Å². The molecule has 2 saturated heterocycles. The largest absolute Gasteiger partial charge is 0.379 e. The second-order valence-electron chi connectivity index (χ2n) is 6.30. The van der Waals surface area contributed by atoms with E-state index < -0.39 is 0 Å². The van der Waals surface area contributed by atoms with E-state index in [-0.39, 0.29) is 11.8 Å². The highest BCUT2D eigenvalue weighted by molar-refractivity contribution is 7.14. The van der Waals surface area contributed by atoms with Crippen molar-refractivity contribution in [2.24, 2.45) is 5.92 Å². The Morgan fingerprint density at radius 1 is 1.13 bits per heavy atom. The van der Waals surface area contributed by atoms with Crippen molar-refractivity contribution in [1.29, 1.82) is 0 Å². The number of nitrogens with zero attached hydrogens (tertiary/aromatic N) is 2. The van der Waals surface area contributed by atoms with Crippen LogP contribution in [0, 0.1) is 5.92 Å². The van der Waals surface area contributed by atoms with E-state index in [1.165, 1.54) is 11.3 Å². The smallest absolute Gasteiger partial charge is 0.263 e. The van der Waals surface area contributed by atoms with Crippen LogP contribution >= 0.6 is 11.3 Å². The van der Waals surface area contributed by atoms with E-state index in [4.69, 9.17) is 4.74 Å². The maximum absolute atomic E-state index is 12.6. The molecule has 2 fully saturated rings. The van der Waals surface area contributed by atoms with Gasteiger partial charge in [0.15, 0.2) is 0 Å². The van der Waals surface area contributed by atoms with E-state index >= 15 is 0 Å². The fourth-order valence-corrected chi connectivity index (χ4v) is 4.34. The number of rotatable bonds is 4. The average Bonchev–Trinajstić information content (AvgIpc) is 3.26. The molecule has 2 amide bonds. The SMILES string of the molecule is COCc1ccc(C(=O)N2CCC(C(=O)N3CCCC3)CC2)s1. The number of methoxy groups -OCH3 is 1. The molecule has 1 aromatic rings. The number of hydrogen-bond donors (Lipinski definition) is 0. The van der Waals surface area contributed by atoms with Gasteiger partial charge in [-0.25, -0.2) is 0 Å². The zero-order valence-corrected chi connectivity index (χ0v) is 14.4. The molecule has 3 heterocycles. The first-order valence-electron chi connectivity index (χ1n) is 8.34. The summed E-state index contributed by atoms with van der Waals surface area (Å²) in [6.07, 6.45) is 3.84. The molecule has 0 aromatic carbocycles. The summed E-state index contributed by atoms with van der Waals surface area (Å²) in [5.74, 6) is 0.488. The Bertz CT molecular complexity index is 558. The van der Waals surface area contributed by atoms with Crippen LogP contribution in [0.4, 0.5) is 0 Å². The van der Waals surface area contributed by atoms with E-state index in [0.29, 0.717) is 25.6 Å². The van der Waals surface area contributed by atoms with Crippen LogP contribution in [0.25, 0.3) is 0 Å². The molecule has 126 valence electrons. The number of carbonyl (C=O) groups is 2. The Kier molecular flexibility index (Phi) is 5.33. The monoisotopic (exact) mass is 336 g/mol. The zero-order chi connectivity index (χ0) is 16.2. The summed E-state index contributed by atoms with van der Waals surface area (Å²) in [7, 11) is 1.66. The summed E-state index contributed by atoms with van der Waals surface area (Å²) in [5.41, 5.74) is 0. The number of ether oxygens (including phenoxy) is 1. The topological polar surface area (TPSA) is 49.9 Å². The molecule has 0 saturated carbocycles. The van der Waals surface area contributed by atoms with Crippen molar-refractivity contribution in [1.82, 2.24) is 9.80 Å². The molecule has 23 heavy (non-hydrogen) atoms. The minimum absolute atomic E-state index is 0.0874. The Balaban J connectivity index is 1.53. The van der Waals surface area contributed by atoms with Crippen LogP contribution in [0.2, 0.25) is 0 Å². The number of amides is 2. The van der Waals surface area contributed by atoms with Gasteiger partial charge < -0.3 is 14.5 Å². The molecule has 2 aliphatic rings. The minimum Gasteiger partial charge on any atom is -0.379 e. The van der Waals surface area contributed by atoms with Crippen LogP contribution in [0.15, 0.2) is 12.1 Å². The van der Waals surface area contributed by atoms with Crippen LogP contribution in [-0.2, 0) is 16.1 Å². The molecule has 0 unspecified atom stereocenters. The molecule has 2 aliphatic heterocycles. The first-order chi connectivity index (χ1) is 11.2. The van der Waals surface area contributed by atoms with Crippen LogP contribution in [-0.4, -0.2) is 54.9 Å². The third-order valence-corrected chi connectivity index (χ3v) is 5.75. The predicted octanol–water partition coefficient (Wildman–Crippen LogP) is 2.37. The molecule has 0 radical (unpaired) electrons. The highest BCUT2D eigenvalue weighted by Crippen LogP contribution is 2.25. The van der Waals surface area contributed by atoms with Gasteiger partial charge in [-0.3, -0.25) is 9.59 Å². The van der Waals surface area contributed by atoms with Crippen molar-refractivity contribution in [3.63, 3.8) is 0 Å². The summed E-state index contributed by atoms with van der Waals surface area (Å²) < 4.78 is 5.10. The maximum atomic E-state index is 12.6. The molecule has 0 atom stereocenters. The van der Waals surface area contributed by atoms with Crippen LogP contribution < -0.4 is 0 Å². The summed E-state index contributed by atoms with van der Waals surface area (Å²) in [4.78, 5) is 30.7. The molecule has 6 heteroatoms. The number of piperidine rings is 1. The van der Waals surface area contributed by atoms with E-state index in [2.05, 4.69) is 0 Å². The standard InChI is InChI=1S/C17H24N2O3S/c1-22-12-14-4-5-15(23-14)17(21)19-10-6-13(7-11-19)16(20)18-8-2-3-9-18/h4-5,13H,2-3,6-12H2,1H3. The quantitative estimate of drug-likeness (QED) is 0.848. The normalized spacial score (nSPS) is 19.3. The Labute approximate surface area is 141 Å². The molecular weight excluding hydrogens is 312 g/mol. The van der Waals surface area contributed by atoms with E-state index in [9.17, 15) is 9.59 Å². The van der Waals surface area contributed by atoms with Crippen molar-refractivity contribution < 1.29 is 14.3 Å². The lowest BCUT2D eigenvalue weighted by molar-refractivity contribution is -0.135. The number of hydrogen-bond acceptors (Lipinski definition) is 4. The lowest BCUT2D eigenvalue weighted by Gasteiger charge is -2.33. The zero-order valence-electron chi connectivity index (χ0n) is 13.6. The summed E-state index contributed by atoms with van der Waals surface area (Å²) >= 11 is 1.50. The summed E-state index contributed by atoms with van der Waals surface area (Å²) in [5, 5.41) is 0. The number of thiophene rings is 1. The van der Waals surface area contributed by atoms with Crippen LogP contribution in [0.1, 0.15) is 40.2 Å². The van der Waals surface area contributed by atoms with E-state index in [1.807, 2.05) is 21.9 Å². The van der Waals surface area contributed by atoms with Crippen molar-refractivity contribution in [3.8, 4) is 0 Å². The minimum atomic E-state index is 0.0874. The fraction of sp³-hybridized carbons (Fsp3) is 0.647. The van der Waals surface area contributed by atoms with E-state index in [0.717, 1.165) is 48.5 Å². The van der Waals surface area contributed by atoms with Gasteiger partial charge >= 0.3 is 0 Å². The van der Waals surface area contributed by atoms with Gasteiger partial charge in [-0.1, -0.05) is 0 Å². The first kappa shape index (κ1) is 16.5. The molecule has 0 bridgehead atoms. The molecule has 0 spiro atoms.